The number of aliphatic hydroxyl groups is 1. The molecular formula is C15H21FO3. The fraction of sp³-hybridized carbons (Fsp3) is 0.600. The average Bonchev–Trinajstić information content (AvgIpc) is 2.91. The molecule has 0 saturated carbocycles. The molecule has 1 aromatic rings. The summed E-state index contributed by atoms with van der Waals surface area (Å²) in [4.78, 5) is 0. The van der Waals surface area contributed by atoms with Crippen LogP contribution in [0.2, 0.25) is 0 Å². The summed E-state index contributed by atoms with van der Waals surface area (Å²) in [6.45, 7) is 0.848. The molecule has 2 unspecified atom stereocenters. The average molecular weight is 268 g/mol. The van der Waals surface area contributed by atoms with Gasteiger partial charge in [0.1, 0.15) is 11.6 Å². The van der Waals surface area contributed by atoms with Crippen LogP contribution >= 0.6 is 0 Å². The first kappa shape index (κ1) is 14.3. The summed E-state index contributed by atoms with van der Waals surface area (Å²) >= 11 is 0. The van der Waals surface area contributed by atoms with E-state index in [2.05, 4.69) is 0 Å². The molecular weight excluding hydrogens is 247 g/mol. The lowest BCUT2D eigenvalue weighted by Crippen LogP contribution is -2.07. The van der Waals surface area contributed by atoms with Crippen molar-refractivity contribution >= 4 is 0 Å². The zero-order chi connectivity index (χ0) is 13.7. The molecule has 106 valence electrons. The van der Waals surface area contributed by atoms with Crippen molar-refractivity contribution in [1.29, 1.82) is 0 Å². The molecule has 0 aliphatic carbocycles. The maximum absolute atomic E-state index is 13.8. The van der Waals surface area contributed by atoms with Crippen molar-refractivity contribution in [3.05, 3.63) is 29.6 Å². The van der Waals surface area contributed by atoms with Gasteiger partial charge in [0.05, 0.1) is 19.3 Å². The Labute approximate surface area is 113 Å². The predicted molar refractivity (Wildman–Crippen MR) is 70.7 cm³/mol. The Morgan fingerprint density at radius 3 is 3.00 bits per heavy atom. The van der Waals surface area contributed by atoms with E-state index >= 15 is 0 Å². The molecule has 1 saturated heterocycles. The first-order valence-electron chi connectivity index (χ1n) is 6.84. The highest BCUT2D eigenvalue weighted by molar-refractivity contribution is 5.30. The van der Waals surface area contributed by atoms with Crippen LogP contribution in [0.25, 0.3) is 0 Å². The van der Waals surface area contributed by atoms with Gasteiger partial charge in [-0.2, -0.15) is 0 Å². The molecule has 1 heterocycles. The second-order valence-electron chi connectivity index (χ2n) is 4.97. The van der Waals surface area contributed by atoms with E-state index in [1.807, 2.05) is 0 Å². The van der Waals surface area contributed by atoms with Crippen molar-refractivity contribution in [1.82, 2.24) is 0 Å². The number of rotatable bonds is 6. The van der Waals surface area contributed by atoms with Crippen LogP contribution in [-0.4, -0.2) is 24.9 Å². The van der Waals surface area contributed by atoms with Crippen molar-refractivity contribution in [3.63, 3.8) is 0 Å². The largest absolute Gasteiger partial charge is 0.497 e. The van der Waals surface area contributed by atoms with Crippen LogP contribution in [0.5, 0.6) is 5.75 Å². The second-order valence-corrected chi connectivity index (χ2v) is 4.97. The Bertz CT molecular complexity index is 402. The first-order valence-corrected chi connectivity index (χ1v) is 6.84. The fourth-order valence-electron chi connectivity index (χ4n) is 2.47. The van der Waals surface area contributed by atoms with Gasteiger partial charge < -0.3 is 14.6 Å². The lowest BCUT2D eigenvalue weighted by Gasteiger charge is -2.14. The van der Waals surface area contributed by atoms with Crippen LogP contribution in [0.1, 0.15) is 43.8 Å². The summed E-state index contributed by atoms with van der Waals surface area (Å²) in [5, 5.41) is 10.0. The molecule has 19 heavy (non-hydrogen) atoms. The molecule has 3 nitrogen and oxygen atoms in total. The van der Waals surface area contributed by atoms with Gasteiger partial charge in [-0.15, -0.1) is 0 Å². The van der Waals surface area contributed by atoms with Gasteiger partial charge in [0.2, 0.25) is 0 Å². The first-order chi connectivity index (χ1) is 9.20. The van der Waals surface area contributed by atoms with Gasteiger partial charge >= 0.3 is 0 Å². The molecule has 1 N–H and O–H groups in total. The van der Waals surface area contributed by atoms with Gasteiger partial charge in [0.15, 0.2) is 0 Å². The van der Waals surface area contributed by atoms with Crippen molar-refractivity contribution < 1.29 is 19.0 Å². The van der Waals surface area contributed by atoms with E-state index in [1.54, 1.807) is 12.1 Å². The van der Waals surface area contributed by atoms with Crippen LogP contribution in [0, 0.1) is 5.82 Å². The molecule has 1 aromatic carbocycles. The van der Waals surface area contributed by atoms with E-state index in [0.29, 0.717) is 23.8 Å². The molecule has 2 rings (SSSR count). The summed E-state index contributed by atoms with van der Waals surface area (Å²) < 4.78 is 24.2. The Hall–Kier alpha value is -1.13. The number of benzene rings is 1. The quantitative estimate of drug-likeness (QED) is 0.861. The number of methoxy groups -OCH3 is 1. The van der Waals surface area contributed by atoms with Crippen molar-refractivity contribution in [3.8, 4) is 5.75 Å². The van der Waals surface area contributed by atoms with Crippen LogP contribution in [0.4, 0.5) is 4.39 Å². The van der Waals surface area contributed by atoms with E-state index in [9.17, 15) is 9.50 Å². The fourth-order valence-corrected chi connectivity index (χ4v) is 2.47. The highest BCUT2D eigenvalue weighted by atomic mass is 19.1. The van der Waals surface area contributed by atoms with Gasteiger partial charge in [-0.05, 0) is 44.2 Å². The molecule has 0 spiro atoms. The summed E-state index contributed by atoms with van der Waals surface area (Å²) in [7, 11) is 1.49. The minimum absolute atomic E-state index is 0.327. The summed E-state index contributed by atoms with van der Waals surface area (Å²) in [5.74, 6) is 0.0526. The minimum atomic E-state index is -0.757. The molecule has 0 amide bonds. The zero-order valence-electron chi connectivity index (χ0n) is 11.3. The number of hydrogen-bond acceptors (Lipinski definition) is 3. The highest BCUT2D eigenvalue weighted by Gasteiger charge is 2.17. The molecule has 0 aromatic heterocycles. The maximum atomic E-state index is 13.8. The molecule has 1 aliphatic heterocycles. The number of halogens is 1. The lowest BCUT2D eigenvalue weighted by molar-refractivity contribution is 0.0940. The molecule has 1 fully saturated rings. The smallest absolute Gasteiger partial charge is 0.132 e. The van der Waals surface area contributed by atoms with Gasteiger partial charge in [-0.3, -0.25) is 0 Å². The van der Waals surface area contributed by atoms with Crippen molar-refractivity contribution in [2.75, 3.05) is 13.7 Å². The van der Waals surface area contributed by atoms with E-state index in [-0.39, 0.29) is 0 Å². The third-order valence-electron chi connectivity index (χ3n) is 3.59. The highest BCUT2D eigenvalue weighted by Crippen LogP contribution is 2.26. The summed E-state index contributed by atoms with van der Waals surface area (Å²) in [6.07, 6.45) is 4.14. The summed E-state index contributed by atoms with van der Waals surface area (Å²) in [6, 6.07) is 4.56. The van der Waals surface area contributed by atoms with Crippen LogP contribution in [0.3, 0.4) is 0 Å². The maximum Gasteiger partial charge on any atom is 0.132 e. The molecule has 4 heteroatoms. The number of aliphatic hydroxyl groups excluding tert-OH is 1. The van der Waals surface area contributed by atoms with Gasteiger partial charge in [-0.25, -0.2) is 4.39 Å². The third kappa shape index (κ3) is 3.91. The normalized spacial score (nSPS) is 20.5. The zero-order valence-corrected chi connectivity index (χ0v) is 11.3. The Kier molecular flexibility index (Phi) is 5.16. The van der Waals surface area contributed by atoms with Gasteiger partial charge in [-0.1, -0.05) is 0 Å². The predicted octanol–water partition coefficient (Wildman–Crippen LogP) is 3.22. The Morgan fingerprint density at radius 1 is 1.53 bits per heavy atom. The van der Waals surface area contributed by atoms with E-state index in [4.69, 9.17) is 9.47 Å². The van der Waals surface area contributed by atoms with Gasteiger partial charge in [0, 0.05) is 18.2 Å². The van der Waals surface area contributed by atoms with Crippen molar-refractivity contribution in [2.45, 2.75) is 44.3 Å². The molecule has 0 radical (unpaired) electrons. The number of hydrogen-bond donors (Lipinski definition) is 1. The SMILES string of the molecule is COc1ccc(C(O)CCCC2CCCO2)c(F)c1. The molecule has 2 atom stereocenters. The minimum Gasteiger partial charge on any atom is -0.497 e. The third-order valence-corrected chi connectivity index (χ3v) is 3.59. The van der Waals surface area contributed by atoms with E-state index in [0.717, 1.165) is 32.3 Å². The topological polar surface area (TPSA) is 38.7 Å². The van der Waals surface area contributed by atoms with Crippen LogP contribution in [-0.2, 0) is 4.74 Å². The molecule has 1 aliphatic rings. The van der Waals surface area contributed by atoms with Crippen LogP contribution in [0.15, 0.2) is 18.2 Å². The molecule has 0 bridgehead atoms. The Morgan fingerprint density at radius 2 is 2.37 bits per heavy atom. The second kappa shape index (κ2) is 6.87. The van der Waals surface area contributed by atoms with Crippen molar-refractivity contribution in [2.24, 2.45) is 0 Å². The summed E-state index contributed by atoms with van der Waals surface area (Å²) in [5.41, 5.74) is 0.341. The number of ether oxygens (including phenoxy) is 2. The van der Waals surface area contributed by atoms with Gasteiger partial charge in [0.25, 0.3) is 0 Å². The van der Waals surface area contributed by atoms with E-state index in [1.165, 1.54) is 13.2 Å². The lowest BCUT2D eigenvalue weighted by atomic mass is 10.0. The van der Waals surface area contributed by atoms with Crippen LogP contribution < -0.4 is 4.74 Å². The Balaban J connectivity index is 1.83. The standard InChI is InChI=1S/C15H21FO3/c1-18-12-7-8-13(14(16)10-12)15(17)6-2-4-11-5-3-9-19-11/h7-8,10-11,15,17H,2-6,9H2,1H3. The van der Waals surface area contributed by atoms with E-state index < -0.39 is 11.9 Å². The monoisotopic (exact) mass is 268 g/mol.